The van der Waals surface area contributed by atoms with Crippen molar-refractivity contribution in [1.29, 1.82) is 0 Å². The summed E-state index contributed by atoms with van der Waals surface area (Å²) in [7, 11) is 0. The van der Waals surface area contributed by atoms with Gasteiger partial charge in [-0.1, -0.05) is 6.92 Å². The molecule has 0 radical (unpaired) electrons. The first-order chi connectivity index (χ1) is 9.83. The molecule has 1 aromatic heterocycles. The van der Waals surface area contributed by atoms with E-state index in [0.717, 1.165) is 38.2 Å². The summed E-state index contributed by atoms with van der Waals surface area (Å²) in [5.41, 5.74) is 5.45. The fraction of sp³-hybridized carbons (Fsp3) is 0.714. The minimum absolute atomic E-state index is 0.326. The molecule has 1 aromatic rings. The molecule has 6 heteroatoms. The number of nitrogens with two attached hydrogens (primary N) is 1. The van der Waals surface area contributed by atoms with Crippen LogP contribution in [0.5, 0.6) is 5.88 Å². The van der Waals surface area contributed by atoms with E-state index in [1.54, 1.807) is 6.33 Å². The topological polar surface area (TPSA) is 73.5 Å². The van der Waals surface area contributed by atoms with Gasteiger partial charge in [0.15, 0.2) is 0 Å². The molecule has 0 bridgehead atoms. The number of aromatic nitrogens is 2. The largest absolute Gasteiger partial charge is 0.478 e. The van der Waals surface area contributed by atoms with E-state index < -0.39 is 0 Å². The van der Waals surface area contributed by atoms with Crippen molar-refractivity contribution in [2.45, 2.75) is 32.3 Å². The summed E-state index contributed by atoms with van der Waals surface area (Å²) in [5.74, 6) is 1.58. The van der Waals surface area contributed by atoms with E-state index in [0.29, 0.717) is 31.7 Å². The third kappa shape index (κ3) is 4.31. The monoisotopic (exact) mass is 280 g/mol. The Morgan fingerprint density at radius 2 is 2.10 bits per heavy atom. The van der Waals surface area contributed by atoms with Crippen molar-refractivity contribution in [2.75, 3.05) is 37.7 Å². The highest BCUT2D eigenvalue weighted by molar-refractivity contribution is 5.41. The molecule has 0 aromatic carbocycles. The molecule has 112 valence electrons. The number of hydrogen-bond donors (Lipinski definition) is 1. The van der Waals surface area contributed by atoms with Crippen LogP contribution in [0.1, 0.15) is 26.2 Å². The van der Waals surface area contributed by atoms with Crippen LogP contribution in [0.15, 0.2) is 12.4 Å². The normalized spacial score (nSPS) is 16.4. The van der Waals surface area contributed by atoms with E-state index in [1.807, 2.05) is 6.07 Å². The van der Waals surface area contributed by atoms with Crippen LogP contribution in [-0.4, -0.2) is 48.9 Å². The Morgan fingerprint density at radius 1 is 1.30 bits per heavy atom. The summed E-state index contributed by atoms with van der Waals surface area (Å²) < 4.78 is 11.2. The van der Waals surface area contributed by atoms with Crippen LogP contribution in [0.25, 0.3) is 0 Å². The SMILES string of the molecule is CCCOc1cc(N2CCC(OCCN)CC2)ncn1. The van der Waals surface area contributed by atoms with Crippen molar-refractivity contribution < 1.29 is 9.47 Å². The Labute approximate surface area is 120 Å². The number of anilines is 1. The molecule has 0 spiro atoms. The maximum Gasteiger partial charge on any atom is 0.218 e. The Bertz CT molecular complexity index is 395. The molecule has 20 heavy (non-hydrogen) atoms. The van der Waals surface area contributed by atoms with Gasteiger partial charge in [0.1, 0.15) is 12.1 Å². The summed E-state index contributed by atoms with van der Waals surface area (Å²) in [6.45, 7) is 5.88. The molecule has 0 aliphatic carbocycles. The van der Waals surface area contributed by atoms with E-state index in [9.17, 15) is 0 Å². The molecule has 0 unspecified atom stereocenters. The quantitative estimate of drug-likeness (QED) is 0.809. The molecule has 2 rings (SSSR count). The number of piperidine rings is 1. The highest BCUT2D eigenvalue weighted by Gasteiger charge is 2.20. The van der Waals surface area contributed by atoms with Gasteiger partial charge in [0.05, 0.1) is 19.3 Å². The highest BCUT2D eigenvalue weighted by Crippen LogP contribution is 2.21. The van der Waals surface area contributed by atoms with Gasteiger partial charge < -0.3 is 20.1 Å². The lowest BCUT2D eigenvalue weighted by atomic mass is 10.1. The molecule has 1 aliphatic heterocycles. The summed E-state index contributed by atoms with van der Waals surface area (Å²) in [5, 5.41) is 0. The lowest BCUT2D eigenvalue weighted by Crippen LogP contribution is -2.38. The zero-order valence-corrected chi connectivity index (χ0v) is 12.1. The summed E-state index contributed by atoms with van der Waals surface area (Å²) in [6.07, 6.45) is 4.89. The van der Waals surface area contributed by atoms with Crippen LogP contribution in [-0.2, 0) is 4.74 Å². The van der Waals surface area contributed by atoms with Crippen molar-refractivity contribution in [3.63, 3.8) is 0 Å². The number of rotatable bonds is 7. The van der Waals surface area contributed by atoms with Crippen LogP contribution in [0.2, 0.25) is 0 Å². The van der Waals surface area contributed by atoms with Crippen LogP contribution in [0.4, 0.5) is 5.82 Å². The maximum absolute atomic E-state index is 5.68. The lowest BCUT2D eigenvalue weighted by molar-refractivity contribution is 0.0421. The molecule has 0 amide bonds. The first-order valence-electron chi connectivity index (χ1n) is 7.35. The van der Waals surface area contributed by atoms with E-state index in [1.165, 1.54) is 0 Å². The Balaban J connectivity index is 1.86. The molecule has 2 N–H and O–H groups in total. The Morgan fingerprint density at radius 3 is 2.80 bits per heavy atom. The number of hydrogen-bond acceptors (Lipinski definition) is 6. The van der Waals surface area contributed by atoms with Gasteiger partial charge >= 0.3 is 0 Å². The Kier molecular flexibility index (Phi) is 6.01. The molecule has 1 saturated heterocycles. The van der Waals surface area contributed by atoms with Crippen molar-refractivity contribution in [3.8, 4) is 5.88 Å². The minimum Gasteiger partial charge on any atom is -0.478 e. The average Bonchev–Trinajstić information content (AvgIpc) is 2.52. The maximum atomic E-state index is 5.68. The van der Waals surface area contributed by atoms with Crippen molar-refractivity contribution in [3.05, 3.63) is 12.4 Å². The van der Waals surface area contributed by atoms with Gasteiger partial charge in [0.25, 0.3) is 0 Å². The van der Waals surface area contributed by atoms with Gasteiger partial charge in [0, 0.05) is 25.7 Å². The van der Waals surface area contributed by atoms with Gasteiger partial charge in [-0.2, -0.15) is 0 Å². The second-order valence-electron chi connectivity index (χ2n) is 4.91. The van der Waals surface area contributed by atoms with Crippen molar-refractivity contribution >= 4 is 5.82 Å². The molecule has 1 aliphatic rings. The minimum atomic E-state index is 0.326. The van der Waals surface area contributed by atoms with Gasteiger partial charge in [0.2, 0.25) is 5.88 Å². The van der Waals surface area contributed by atoms with E-state index in [4.69, 9.17) is 15.2 Å². The van der Waals surface area contributed by atoms with Crippen LogP contribution < -0.4 is 15.4 Å². The molecular formula is C14H24N4O2. The fourth-order valence-electron chi connectivity index (χ4n) is 2.27. The smallest absolute Gasteiger partial charge is 0.218 e. The first kappa shape index (κ1) is 15.0. The molecule has 6 nitrogen and oxygen atoms in total. The first-order valence-corrected chi connectivity index (χ1v) is 7.35. The third-order valence-electron chi connectivity index (χ3n) is 3.32. The fourth-order valence-corrected chi connectivity index (χ4v) is 2.27. The molecule has 1 fully saturated rings. The van der Waals surface area contributed by atoms with Gasteiger partial charge in [-0.15, -0.1) is 0 Å². The number of nitrogens with zero attached hydrogens (tertiary/aromatic N) is 3. The molecule has 0 atom stereocenters. The Hall–Kier alpha value is -1.40. The predicted molar refractivity (Wildman–Crippen MR) is 78.1 cm³/mol. The third-order valence-corrected chi connectivity index (χ3v) is 3.32. The molecular weight excluding hydrogens is 256 g/mol. The van der Waals surface area contributed by atoms with Gasteiger partial charge in [-0.3, -0.25) is 0 Å². The van der Waals surface area contributed by atoms with Crippen LogP contribution in [0.3, 0.4) is 0 Å². The molecule has 0 saturated carbocycles. The zero-order valence-electron chi connectivity index (χ0n) is 12.1. The van der Waals surface area contributed by atoms with E-state index in [2.05, 4.69) is 21.8 Å². The summed E-state index contributed by atoms with van der Waals surface area (Å²) in [4.78, 5) is 10.7. The summed E-state index contributed by atoms with van der Waals surface area (Å²) >= 11 is 0. The van der Waals surface area contributed by atoms with Crippen molar-refractivity contribution in [1.82, 2.24) is 9.97 Å². The van der Waals surface area contributed by atoms with Crippen LogP contribution >= 0.6 is 0 Å². The predicted octanol–water partition coefficient (Wildman–Crippen LogP) is 1.21. The van der Waals surface area contributed by atoms with Crippen LogP contribution in [0, 0.1) is 0 Å². The average molecular weight is 280 g/mol. The van der Waals surface area contributed by atoms with E-state index >= 15 is 0 Å². The van der Waals surface area contributed by atoms with Gasteiger partial charge in [-0.25, -0.2) is 9.97 Å². The lowest BCUT2D eigenvalue weighted by Gasteiger charge is -2.32. The van der Waals surface area contributed by atoms with Crippen molar-refractivity contribution in [2.24, 2.45) is 5.73 Å². The molecule has 2 heterocycles. The standard InChI is InChI=1S/C14H24N4O2/c1-2-8-20-14-10-13(16-11-17-14)18-6-3-12(4-7-18)19-9-5-15/h10-12H,2-9,15H2,1H3. The second kappa shape index (κ2) is 8.01. The second-order valence-corrected chi connectivity index (χ2v) is 4.91. The van der Waals surface area contributed by atoms with Gasteiger partial charge in [-0.05, 0) is 19.3 Å². The summed E-state index contributed by atoms with van der Waals surface area (Å²) in [6, 6.07) is 1.91. The van der Waals surface area contributed by atoms with E-state index in [-0.39, 0.29) is 0 Å². The zero-order chi connectivity index (χ0) is 14.2. The highest BCUT2D eigenvalue weighted by atomic mass is 16.5. The number of ether oxygens (including phenoxy) is 2.